The number of hydrazone groups is 1. The van der Waals surface area contributed by atoms with Crippen molar-refractivity contribution in [3.05, 3.63) is 76.0 Å². The predicted molar refractivity (Wildman–Crippen MR) is 109 cm³/mol. The molecule has 138 valence electrons. The summed E-state index contributed by atoms with van der Waals surface area (Å²) in [5.74, 6) is 1.62. The average molecular weight is 427 g/mol. The molecule has 6 heteroatoms. The van der Waals surface area contributed by atoms with Crippen LogP contribution in [0.3, 0.4) is 0 Å². The van der Waals surface area contributed by atoms with Gasteiger partial charge in [-0.1, -0.05) is 45.8 Å². The molecule has 0 radical (unpaired) electrons. The Morgan fingerprint density at radius 3 is 2.67 bits per heavy atom. The lowest BCUT2D eigenvalue weighted by atomic mass is 10.1. The highest BCUT2D eigenvalue weighted by Gasteiger charge is 2.05. The van der Waals surface area contributed by atoms with Crippen LogP contribution in [0.5, 0.6) is 5.75 Å². The molecular weight excluding hydrogens is 408 g/mol. The van der Waals surface area contributed by atoms with Crippen molar-refractivity contribution in [2.45, 2.75) is 13.8 Å². The summed E-state index contributed by atoms with van der Waals surface area (Å²) in [7, 11) is 0. The van der Waals surface area contributed by atoms with E-state index in [4.69, 9.17) is 9.15 Å². The van der Waals surface area contributed by atoms with Crippen LogP contribution in [-0.4, -0.2) is 18.7 Å². The van der Waals surface area contributed by atoms with Gasteiger partial charge in [-0.05, 0) is 49.7 Å². The maximum atomic E-state index is 11.9. The number of rotatable bonds is 6. The molecule has 1 N–H and O–H groups in total. The quantitative estimate of drug-likeness (QED) is 0.452. The summed E-state index contributed by atoms with van der Waals surface area (Å²) in [5, 5.41) is 3.91. The van der Waals surface area contributed by atoms with Crippen molar-refractivity contribution < 1.29 is 13.9 Å². The molecule has 1 aromatic heterocycles. The van der Waals surface area contributed by atoms with E-state index in [0.29, 0.717) is 11.5 Å². The van der Waals surface area contributed by atoms with Crippen LogP contribution in [-0.2, 0) is 4.79 Å². The molecule has 27 heavy (non-hydrogen) atoms. The second-order valence-corrected chi connectivity index (χ2v) is 6.98. The van der Waals surface area contributed by atoms with Crippen molar-refractivity contribution in [1.82, 2.24) is 5.43 Å². The molecule has 0 bridgehead atoms. The zero-order chi connectivity index (χ0) is 19.2. The van der Waals surface area contributed by atoms with Gasteiger partial charge in [-0.25, -0.2) is 5.43 Å². The standard InChI is InChI=1S/C21H19BrN2O3/c1-14-3-9-19(15(2)11-14)26-13-21(25)24-23-12-18-8-10-20(27-18)16-4-6-17(22)7-5-16/h3-12H,13H2,1-2H3,(H,24,25). The minimum Gasteiger partial charge on any atom is -0.483 e. The smallest absolute Gasteiger partial charge is 0.277 e. The highest BCUT2D eigenvalue weighted by Crippen LogP contribution is 2.23. The van der Waals surface area contributed by atoms with Crippen LogP contribution in [0.4, 0.5) is 0 Å². The molecule has 0 saturated heterocycles. The van der Waals surface area contributed by atoms with Crippen molar-refractivity contribution in [2.75, 3.05) is 6.61 Å². The summed E-state index contributed by atoms with van der Waals surface area (Å²) in [6, 6.07) is 17.3. The SMILES string of the molecule is Cc1ccc(OCC(=O)NN=Cc2ccc(-c3ccc(Br)cc3)o2)c(C)c1. The Bertz CT molecular complexity index is 962. The summed E-state index contributed by atoms with van der Waals surface area (Å²) in [6.45, 7) is 3.84. The summed E-state index contributed by atoms with van der Waals surface area (Å²) in [5.41, 5.74) is 5.53. The first kappa shape index (κ1) is 18.9. The Morgan fingerprint density at radius 1 is 1.15 bits per heavy atom. The number of aryl methyl sites for hydroxylation is 2. The first-order chi connectivity index (χ1) is 13.0. The number of nitrogens with one attached hydrogen (secondary N) is 1. The van der Waals surface area contributed by atoms with Gasteiger partial charge in [0.25, 0.3) is 5.91 Å². The number of nitrogens with zero attached hydrogens (tertiary/aromatic N) is 1. The molecule has 1 amide bonds. The van der Waals surface area contributed by atoms with Crippen molar-refractivity contribution in [1.29, 1.82) is 0 Å². The normalized spacial score (nSPS) is 10.9. The number of hydrogen-bond donors (Lipinski definition) is 1. The average Bonchev–Trinajstić information content (AvgIpc) is 3.10. The van der Waals surface area contributed by atoms with E-state index < -0.39 is 0 Å². The van der Waals surface area contributed by atoms with Crippen molar-refractivity contribution in [2.24, 2.45) is 5.10 Å². The zero-order valence-corrected chi connectivity index (χ0v) is 16.6. The van der Waals surface area contributed by atoms with Gasteiger partial charge in [0.15, 0.2) is 6.61 Å². The van der Waals surface area contributed by atoms with Crippen LogP contribution < -0.4 is 10.2 Å². The van der Waals surface area contributed by atoms with Gasteiger partial charge in [0.2, 0.25) is 0 Å². The van der Waals surface area contributed by atoms with Gasteiger partial charge in [0.05, 0.1) is 6.21 Å². The van der Waals surface area contributed by atoms with Crippen LogP contribution in [0, 0.1) is 13.8 Å². The lowest BCUT2D eigenvalue weighted by Gasteiger charge is -2.08. The Balaban J connectivity index is 1.51. The van der Waals surface area contributed by atoms with Gasteiger partial charge in [0.1, 0.15) is 17.3 Å². The van der Waals surface area contributed by atoms with E-state index in [1.807, 2.05) is 62.4 Å². The van der Waals surface area contributed by atoms with Crippen molar-refractivity contribution in [3.63, 3.8) is 0 Å². The highest BCUT2D eigenvalue weighted by atomic mass is 79.9. The lowest BCUT2D eigenvalue weighted by Crippen LogP contribution is -2.24. The number of carbonyl (C=O) groups is 1. The fraction of sp³-hybridized carbons (Fsp3) is 0.143. The lowest BCUT2D eigenvalue weighted by molar-refractivity contribution is -0.123. The van der Waals surface area contributed by atoms with Gasteiger partial charge in [-0.15, -0.1) is 0 Å². The largest absolute Gasteiger partial charge is 0.483 e. The zero-order valence-electron chi connectivity index (χ0n) is 15.0. The number of hydrogen-bond acceptors (Lipinski definition) is 4. The number of carbonyl (C=O) groups excluding carboxylic acids is 1. The molecule has 0 atom stereocenters. The molecule has 0 aliphatic heterocycles. The topological polar surface area (TPSA) is 63.8 Å². The third-order valence-electron chi connectivity index (χ3n) is 3.83. The minimum absolute atomic E-state index is 0.108. The van der Waals surface area contributed by atoms with E-state index in [1.165, 1.54) is 6.21 Å². The number of furan rings is 1. The second kappa shape index (κ2) is 8.68. The van der Waals surface area contributed by atoms with Crippen LogP contribution in [0.15, 0.2) is 68.6 Å². The molecule has 3 aromatic rings. The molecule has 0 aliphatic carbocycles. The van der Waals surface area contributed by atoms with E-state index in [2.05, 4.69) is 26.5 Å². The molecule has 3 rings (SSSR count). The molecule has 5 nitrogen and oxygen atoms in total. The number of ether oxygens (including phenoxy) is 1. The van der Waals surface area contributed by atoms with Crippen LogP contribution in [0.25, 0.3) is 11.3 Å². The Kier molecular flexibility index (Phi) is 6.08. The van der Waals surface area contributed by atoms with Crippen LogP contribution >= 0.6 is 15.9 Å². The van der Waals surface area contributed by atoms with Crippen molar-refractivity contribution >= 4 is 28.1 Å². The van der Waals surface area contributed by atoms with Gasteiger partial charge >= 0.3 is 0 Å². The van der Waals surface area contributed by atoms with Gasteiger partial charge in [0, 0.05) is 10.0 Å². The molecule has 0 spiro atoms. The maximum Gasteiger partial charge on any atom is 0.277 e. The van der Waals surface area contributed by atoms with Crippen LogP contribution in [0.2, 0.25) is 0 Å². The fourth-order valence-electron chi connectivity index (χ4n) is 2.50. The Hall–Kier alpha value is -2.86. The molecule has 0 unspecified atom stereocenters. The summed E-state index contributed by atoms with van der Waals surface area (Å²) < 4.78 is 12.2. The Morgan fingerprint density at radius 2 is 1.93 bits per heavy atom. The highest BCUT2D eigenvalue weighted by molar-refractivity contribution is 9.10. The minimum atomic E-state index is -0.342. The maximum absolute atomic E-state index is 11.9. The van der Waals surface area contributed by atoms with E-state index in [1.54, 1.807) is 6.07 Å². The monoisotopic (exact) mass is 426 g/mol. The summed E-state index contributed by atoms with van der Waals surface area (Å²) >= 11 is 3.40. The third kappa shape index (κ3) is 5.31. The van der Waals surface area contributed by atoms with E-state index >= 15 is 0 Å². The molecule has 2 aromatic carbocycles. The van der Waals surface area contributed by atoms with Crippen LogP contribution in [0.1, 0.15) is 16.9 Å². The first-order valence-electron chi connectivity index (χ1n) is 8.39. The predicted octanol–water partition coefficient (Wildman–Crippen LogP) is 4.86. The second-order valence-electron chi connectivity index (χ2n) is 6.06. The molecule has 1 heterocycles. The number of halogens is 1. The van der Waals surface area contributed by atoms with Crippen molar-refractivity contribution in [3.8, 4) is 17.1 Å². The van der Waals surface area contributed by atoms with E-state index in [-0.39, 0.29) is 12.5 Å². The molecular formula is C21H19BrN2O3. The summed E-state index contributed by atoms with van der Waals surface area (Å²) in [4.78, 5) is 11.9. The third-order valence-corrected chi connectivity index (χ3v) is 4.35. The van der Waals surface area contributed by atoms with Gasteiger partial charge in [-0.2, -0.15) is 5.10 Å². The fourth-order valence-corrected chi connectivity index (χ4v) is 2.76. The summed E-state index contributed by atoms with van der Waals surface area (Å²) in [6.07, 6.45) is 1.46. The van der Waals surface area contributed by atoms with Gasteiger partial charge < -0.3 is 9.15 Å². The van der Waals surface area contributed by atoms with Gasteiger partial charge in [-0.3, -0.25) is 4.79 Å². The molecule has 0 saturated carbocycles. The van der Waals surface area contributed by atoms with E-state index in [0.717, 1.165) is 26.9 Å². The molecule has 0 fully saturated rings. The first-order valence-corrected chi connectivity index (χ1v) is 9.18. The number of amides is 1. The molecule has 0 aliphatic rings. The van der Waals surface area contributed by atoms with E-state index in [9.17, 15) is 4.79 Å². The number of benzene rings is 2. The Labute approximate surface area is 166 Å².